The summed E-state index contributed by atoms with van der Waals surface area (Å²) in [7, 11) is 0. The first-order valence-corrected chi connectivity index (χ1v) is 9.45. The minimum Gasteiger partial charge on any atom is -0.513 e. The van der Waals surface area contributed by atoms with Gasteiger partial charge in [-0.2, -0.15) is 0 Å². The third-order valence-electron chi connectivity index (χ3n) is 8.32. The van der Waals surface area contributed by atoms with Crippen LogP contribution in [-0.4, -0.2) is 5.11 Å². The van der Waals surface area contributed by atoms with Crippen molar-refractivity contribution in [1.82, 2.24) is 0 Å². The van der Waals surface area contributed by atoms with Crippen LogP contribution in [0.1, 0.15) is 65.2 Å². The number of allylic oxidation sites excluding steroid dienone is 3. The fraction of sp³-hybridized carbons (Fsp3) is 0.762. The molecule has 0 aromatic carbocycles. The Balaban J connectivity index is 1.66. The lowest BCUT2D eigenvalue weighted by molar-refractivity contribution is -0.0770. The van der Waals surface area contributed by atoms with E-state index >= 15 is 0 Å². The predicted octanol–water partition coefficient (Wildman–Crippen LogP) is 5.88. The maximum Gasteiger partial charge on any atom is 0.154 e. The first-order chi connectivity index (χ1) is 11.0. The van der Waals surface area contributed by atoms with Gasteiger partial charge in [-0.05, 0) is 85.5 Å². The molecule has 4 aliphatic carbocycles. The van der Waals surface area contributed by atoms with Gasteiger partial charge in [0.2, 0.25) is 0 Å². The SMILES string of the molecule is [C-]#[N+]/C=C1/CC[C@H]2[C@@H]3CCC4C=C(O)CC[C@]4(C)[C@H]3CC[C@]12C. The lowest BCUT2D eigenvalue weighted by Crippen LogP contribution is -2.51. The molecule has 2 nitrogen and oxygen atoms in total. The van der Waals surface area contributed by atoms with Gasteiger partial charge in [0.25, 0.3) is 0 Å². The molecule has 0 bridgehead atoms. The van der Waals surface area contributed by atoms with Crippen molar-refractivity contribution in [1.29, 1.82) is 0 Å². The molecule has 4 rings (SSSR count). The summed E-state index contributed by atoms with van der Waals surface area (Å²) in [5, 5.41) is 9.97. The minimum atomic E-state index is 0.293. The van der Waals surface area contributed by atoms with Gasteiger partial charge in [0.15, 0.2) is 6.20 Å². The molecule has 2 heteroatoms. The van der Waals surface area contributed by atoms with E-state index in [4.69, 9.17) is 6.57 Å². The highest BCUT2D eigenvalue weighted by atomic mass is 16.3. The van der Waals surface area contributed by atoms with E-state index in [1.54, 1.807) is 0 Å². The predicted molar refractivity (Wildman–Crippen MR) is 92.5 cm³/mol. The van der Waals surface area contributed by atoms with Gasteiger partial charge < -0.3 is 5.11 Å². The number of aliphatic hydroxyl groups is 1. The summed E-state index contributed by atoms with van der Waals surface area (Å²) in [4.78, 5) is 3.60. The first kappa shape index (κ1) is 15.3. The number of fused-ring (bicyclic) bond motifs is 5. The Morgan fingerprint density at radius 2 is 1.96 bits per heavy atom. The van der Waals surface area contributed by atoms with E-state index in [0.29, 0.717) is 22.5 Å². The van der Waals surface area contributed by atoms with Gasteiger partial charge >= 0.3 is 0 Å². The number of aliphatic hydroxyl groups excluding tert-OH is 1. The second-order valence-electron chi connectivity index (χ2n) is 9.00. The van der Waals surface area contributed by atoms with E-state index in [1.165, 1.54) is 37.7 Å². The van der Waals surface area contributed by atoms with E-state index < -0.39 is 0 Å². The van der Waals surface area contributed by atoms with Gasteiger partial charge in [-0.25, -0.2) is 4.85 Å². The Morgan fingerprint density at radius 3 is 2.74 bits per heavy atom. The van der Waals surface area contributed by atoms with Gasteiger partial charge in [-0.3, -0.25) is 0 Å². The molecule has 3 saturated carbocycles. The number of hydrogen-bond donors (Lipinski definition) is 1. The van der Waals surface area contributed by atoms with Crippen molar-refractivity contribution in [2.75, 3.05) is 0 Å². The largest absolute Gasteiger partial charge is 0.513 e. The summed E-state index contributed by atoms with van der Waals surface area (Å²) in [6, 6.07) is 0. The van der Waals surface area contributed by atoms with Crippen molar-refractivity contribution >= 4 is 0 Å². The van der Waals surface area contributed by atoms with Crippen LogP contribution in [0.25, 0.3) is 4.85 Å². The number of rotatable bonds is 0. The molecule has 1 N–H and O–H groups in total. The summed E-state index contributed by atoms with van der Waals surface area (Å²) in [5.41, 5.74) is 2.12. The molecule has 4 aliphatic rings. The topological polar surface area (TPSA) is 24.6 Å². The van der Waals surface area contributed by atoms with Gasteiger partial charge in [-0.1, -0.05) is 19.4 Å². The second kappa shape index (κ2) is 5.13. The highest BCUT2D eigenvalue weighted by Gasteiger charge is 2.58. The summed E-state index contributed by atoms with van der Waals surface area (Å²) in [5.74, 6) is 3.65. The van der Waals surface area contributed by atoms with E-state index in [1.807, 2.05) is 6.20 Å². The van der Waals surface area contributed by atoms with Gasteiger partial charge in [0.05, 0.1) is 12.3 Å². The average Bonchev–Trinajstić information content (AvgIpc) is 2.85. The fourth-order valence-corrected chi connectivity index (χ4v) is 6.98. The molecule has 3 fully saturated rings. The molecule has 0 aromatic rings. The monoisotopic (exact) mass is 311 g/mol. The summed E-state index contributed by atoms with van der Waals surface area (Å²) in [6.45, 7) is 12.2. The van der Waals surface area contributed by atoms with Crippen LogP contribution in [0.3, 0.4) is 0 Å². The maximum absolute atomic E-state index is 9.97. The van der Waals surface area contributed by atoms with Crippen molar-refractivity contribution < 1.29 is 5.11 Å². The zero-order chi connectivity index (χ0) is 16.2. The summed E-state index contributed by atoms with van der Waals surface area (Å²) in [6.07, 6.45) is 13.6. The van der Waals surface area contributed by atoms with Crippen molar-refractivity contribution in [2.24, 2.45) is 34.5 Å². The normalized spacial score (nSPS) is 50.5. The maximum atomic E-state index is 9.97. The number of nitrogens with zero attached hydrogens (tertiary/aromatic N) is 1. The lowest BCUT2D eigenvalue weighted by Gasteiger charge is -2.59. The minimum absolute atomic E-state index is 0.293. The number of hydrogen-bond acceptors (Lipinski definition) is 1. The molecule has 0 spiro atoms. The third kappa shape index (κ3) is 2.05. The zero-order valence-corrected chi connectivity index (χ0v) is 14.5. The Kier molecular flexibility index (Phi) is 3.42. The van der Waals surface area contributed by atoms with E-state index in [9.17, 15) is 5.11 Å². The highest BCUT2D eigenvalue weighted by Crippen LogP contribution is 2.66. The molecule has 0 aromatic heterocycles. The highest BCUT2D eigenvalue weighted by molar-refractivity contribution is 5.26. The molecule has 0 aliphatic heterocycles. The Morgan fingerprint density at radius 1 is 1.13 bits per heavy atom. The van der Waals surface area contributed by atoms with E-state index in [-0.39, 0.29) is 0 Å². The third-order valence-corrected chi connectivity index (χ3v) is 8.32. The van der Waals surface area contributed by atoms with Crippen molar-refractivity contribution in [3.63, 3.8) is 0 Å². The van der Waals surface area contributed by atoms with Crippen LogP contribution < -0.4 is 0 Å². The van der Waals surface area contributed by atoms with Crippen LogP contribution in [0.2, 0.25) is 0 Å². The van der Waals surface area contributed by atoms with E-state index in [2.05, 4.69) is 24.8 Å². The van der Waals surface area contributed by atoms with Crippen LogP contribution in [0.4, 0.5) is 0 Å². The van der Waals surface area contributed by atoms with Crippen LogP contribution in [-0.2, 0) is 0 Å². The standard InChI is InChI=1S/C21H29NO/c1-20-10-8-16(23)12-14(20)4-6-17-18-7-5-15(13-22-3)21(18,2)11-9-19(17)20/h12-14,17-19,23H,4-11H2,1-2H3/b15-13-/t14?,17-,18-,19-,20-,21+/m0/s1. The van der Waals surface area contributed by atoms with Crippen LogP contribution in [0, 0.1) is 41.1 Å². The fourth-order valence-electron chi connectivity index (χ4n) is 6.98. The van der Waals surface area contributed by atoms with Crippen molar-refractivity contribution in [3.8, 4) is 0 Å². The van der Waals surface area contributed by atoms with Crippen LogP contribution in [0.15, 0.2) is 23.6 Å². The van der Waals surface area contributed by atoms with Gasteiger partial charge in [0.1, 0.15) is 0 Å². The molecule has 0 amide bonds. The van der Waals surface area contributed by atoms with Crippen molar-refractivity contribution in [2.45, 2.75) is 65.2 Å². The summed E-state index contributed by atoms with van der Waals surface area (Å²) < 4.78 is 0. The molecule has 6 atom stereocenters. The first-order valence-electron chi connectivity index (χ1n) is 9.45. The smallest absolute Gasteiger partial charge is 0.154 e. The Labute approximate surface area is 140 Å². The Hall–Kier alpha value is -1.23. The molecule has 124 valence electrons. The molecule has 0 heterocycles. The van der Waals surface area contributed by atoms with Crippen molar-refractivity contribution in [3.05, 3.63) is 35.0 Å². The quantitative estimate of drug-likeness (QED) is 0.555. The molecular formula is C21H29NO. The molecule has 23 heavy (non-hydrogen) atoms. The average molecular weight is 311 g/mol. The Bertz CT molecular complexity index is 612. The lowest BCUT2D eigenvalue weighted by atomic mass is 9.46. The zero-order valence-electron chi connectivity index (χ0n) is 14.5. The summed E-state index contributed by atoms with van der Waals surface area (Å²) >= 11 is 0. The van der Waals surface area contributed by atoms with E-state index in [0.717, 1.165) is 37.0 Å². The van der Waals surface area contributed by atoms with Crippen LogP contribution >= 0.6 is 0 Å². The second-order valence-corrected chi connectivity index (χ2v) is 9.00. The molecule has 0 saturated heterocycles. The van der Waals surface area contributed by atoms with Gasteiger partial charge in [-0.15, -0.1) is 0 Å². The van der Waals surface area contributed by atoms with Gasteiger partial charge in [0, 0.05) is 6.42 Å². The molecule has 1 unspecified atom stereocenters. The molecular weight excluding hydrogens is 282 g/mol. The molecule has 0 radical (unpaired) electrons. The van der Waals surface area contributed by atoms with Crippen LogP contribution in [0.5, 0.6) is 0 Å².